The lowest BCUT2D eigenvalue weighted by Crippen LogP contribution is -2.45. The average molecular weight is 351 g/mol. The maximum atomic E-state index is 9.74. The summed E-state index contributed by atoms with van der Waals surface area (Å²) in [6.07, 6.45) is 4.77. The van der Waals surface area contributed by atoms with Crippen LogP contribution in [0.5, 0.6) is 11.5 Å². The molecule has 1 aliphatic heterocycles. The third kappa shape index (κ3) is 5.84. The highest BCUT2D eigenvalue weighted by Gasteiger charge is 2.22. The molecule has 0 aromatic heterocycles. The number of halogens is 2. The van der Waals surface area contributed by atoms with Crippen LogP contribution in [0.4, 0.5) is 0 Å². The molecule has 2 rings (SSSR count). The van der Waals surface area contributed by atoms with Crippen LogP contribution in [0.1, 0.15) is 44.2 Å². The average Bonchev–Trinajstić information content (AvgIpc) is 2.48. The van der Waals surface area contributed by atoms with E-state index in [1.54, 1.807) is 12.1 Å². The number of rotatable bonds is 6. The van der Waals surface area contributed by atoms with Crippen molar-refractivity contribution < 1.29 is 10.2 Å². The van der Waals surface area contributed by atoms with E-state index in [4.69, 9.17) is 0 Å². The molecule has 1 heterocycles. The molecule has 128 valence electrons. The van der Waals surface area contributed by atoms with E-state index in [-0.39, 0.29) is 36.3 Å². The Balaban J connectivity index is 0.00000220. The van der Waals surface area contributed by atoms with Crippen molar-refractivity contribution in [2.75, 3.05) is 26.2 Å². The molecule has 0 bridgehead atoms. The molecule has 1 aromatic carbocycles. The first-order valence-electron chi connectivity index (χ1n) is 7.69. The zero-order valence-corrected chi connectivity index (χ0v) is 14.8. The molecule has 6 heteroatoms. The smallest absolute Gasteiger partial charge is 0.157 e. The zero-order chi connectivity index (χ0) is 14.4. The van der Waals surface area contributed by atoms with E-state index in [0.717, 1.165) is 38.2 Å². The number of piperazine rings is 1. The van der Waals surface area contributed by atoms with E-state index in [2.05, 4.69) is 17.1 Å². The van der Waals surface area contributed by atoms with Crippen molar-refractivity contribution in [3.05, 3.63) is 23.8 Å². The Morgan fingerprint density at radius 1 is 1.09 bits per heavy atom. The first-order chi connectivity index (χ1) is 9.72. The summed E-state index contributed by atoms with van der Waals surface area (Å²) in [5.74, 6) is -0.0560. The SMILES string of the molecule is CCCCC[C@H](c1ccc(O)c(O)c1)N1CCNCC1.Cl.Cl. The fourth-order valence-corrected chi connectivity index (χ4v) is 2.89. The molecule has 1 fully saturated rings. The standard InChI is InChI=1S/C16H26N2O2.2ClH/c1-2-3-4-5-14(18-10-8-17-9-11-18)13-6-7-15(19)16(20)12-13;;/h6-7,12,14,17,19-20H,2-5,8-11H2,1H3;2*1H/t14-;;/m1../s1. The fraction of sp³-hybridized carbons (Fsp3) is 0.625. The number of phenolic OH excluding ortho intramolecular Hbond substituents is 2. The number of nitrogens with one attached hydrogen (secondary N) is 1. The molecular weight excluding hydrogens is 323 g/mol. The predicted octanol–water partition coefficient (Wildman–Crippen LogP) is 3.47. The molecule has 0 aliphatic carbocycles. The minimum atomic E-state index is -0.0404. The van der Waals surface area contributed by atoms with Gasteiger partial charge in [0, 0.05) is 32.2 Å². The van der Waals surface area contributed by atoms with Crippen molar-refractivity contribution in [3.63, 3.8) is 0 Å². The minimum absolute atomic E-state index is 0. The highest BCUT2D eigenvalue weighted by Crippen LogP contribution is 2.33. The van der Waals surface area contributed by atoms with Gasteiger partial charge in [0.15, 0.2) is 11.5 Å². The molecular formula is C16H28Cl2N2O2. The lowest BCUT2D eigenvalue weighted by Gasteiger charge is -2.35. The number of phenols is 2. The first kappa shape index (κ1) is 21.3. The number of hydrogen-bond acceptors (Lipinski definition) is 4. The molecule has 4 nitrogen and oxygen atoms in total. The maximum Gasteiger partial charge on any atom is 0.157 e. The molecule has 0 radical (unpaired) electrons. The molecule has 3 N–H and O–H groups in total. The lowest BCUT2D eigenvalue weighted by molar-refractivity contribution is 0.162. The van der Waals surface area contributed by atoms with Gasteiger partial charge >= 0.3 is 0 Å². The van der Waals surface area contributed by atoms with Crippen LogP contribution in [0.3, 0.4) is 0 Å². The largest absolute Gasteiger partial charge is 0.504 e. The van der Waals surface area contributed by atoms with Crippen molar-refractivity contribution in [1.82, 2.24) is 10.2 Å². The minimum Gasteiger partial charge on any atom is -0.504 e. The van der Waals surface area contributed by atoms with E-state index >= 15 is 0 Å². The van der Waals surface area contributed by atoms with Gasteiger partial charge in [0.05, 0.1) is 0 Å². The van der Waals surface area contributed by atoms with Crippen LogP contribution in [0.15, 0.2) is 18.2 Å². The number of aromatic hydroxyl groups is 2. The van der Waals surface area contributed by atoms with Crippen LogP contribution in [-0.4, -0.2) is 41.3 Å². The van der Waals surface area contributed by atoms with Crippen molar-refractivity contribution >= 4 is 24.8 Å². The van der Waals surface area contributed by atoms with E-state index in [9.17, 15) is 10.2 Å². The van der Waals surface area contributed by atoms with Gasteiger partial charge in [0.1, 0.15) is 0 Å². The van der Waals surface area contributed by atoms with Gasteiger partial charge in [-0.1, -0.05) is 32.3 Å². The number of hydrogen-bond donors (Lipinski definition) is 3. The van der Waals surface area contributed by atoms with Gasteiger partial charge in [-0.05, 0) is 24.1 Å². The summed E-state index contributed by atoms with van der Waals surface area (Å²) >= 11 is 0. The Morgan fingerprint density at radius 3 is 2.36 bits per heavy atom. The van der Waals surface area contributed by atoms with Gasteiger partial charge in [-0.3, -0.25) is 4.90 Å². The second-order valence-electron chi connectivity index (χ2n) is 5.55. The number of nitrogens with zero attached hydrogens (tertiary/aromatic N) is 1. The molecule has 1 aliphatic rings. The molecule has 0 amide bonds. The van der Waals surface area contributed by atoms with E-state index in [1.807, 2.05) is 6.07 Å². The summed E-state index contributed by atoms with van der Waals surface area (Å²) in [6.45, 7) is 6.34. The van der Waals surface area contributed by atoms with Crippen molar-refractivity contribution in [2.45, 2.75) is 38.6 Å². The molecule has 0 spiro atoms. The second-order valence-corrected chi connectivity index (χ2v) is 5.55. The quantitative estimate of drug-likeness (QED) is 0.543. The predicted molar refractivity (Wildman–Crippen MR) is 95.6 cm³/mol. The summed E-state index contributed by atoms with van der Waals surface area (Å²) < 4.78 is 0. The van der Waals surface area contributed by atoms with Crippen molar-refractivity contribution in [1.29, 1.82) is 0 Å². The fourth-order valence-electron chi connectivity index (χ4n) is 2.89. The third-order valence-corrected chi connectivity index (χ3v) is 4.06. The first-order valence-corrected chi connectivity index (χ1v) is 7.69. The van der Waals surface area contributed by atoms with E-state index in [1.165, 1.54) is 19.3 Å². The van der Waals surface area contributed by atoms with E-state index < -0.39 is 0 Å². The normalized spacial score (nSPS) is 16.4. The molecule has 22 heavy (non-hydrogen) atoms. The Kier molecular flexibility index (Phi) is 10.6. The lowest BCUT2D eigenvalue weighted by atomic mass is 9.97. The van der Waals surface area contributed by atoms with Crippen molar-refractivity contribution in [2.24, 2.45) is 0 Å². The zero-order valence-electron chi connectivity index (χ0n) is 13.1. The molecule has 0 saturated carbocycles. The van der Waals surface area contributed by atoms with Gasteiger partial charge in [-0.15, -0.1) is 24.8 Å². The molecule has 1 aromatic rings. The van der Waals surface area contributed by atoms with Crippen LogP contribution < -0.4 is 5.32 Å². The highest BCUT2D eigenvalue weighted by molar-refractivity contribution is 5.85. The third-order valence-electron chi connectivity index (χ3n) is 4.06. The van der Waals surface area contributed by atoms with Crippen LogP contribution in [0.2, 0.25) is 0 Å². The summed E-state index contributed by atoms with van der Waals surface area (Å²) in [6, 6.07) is 5.59. The Bertz CT molecular complexity index is 427. The summed E-state index contributed by atoms with van der Waals surface area (Å²) in [4.78, 5) is 2.48. The van der Waals surface area contributed by atoms with Crippen LogP contribution in [0.25, 0.3) is 0 Å². The van der Waals surface area contributed by atoms with Gasteiger partial charge in [0.2, 0.25) is 0 Å². The highest BCUT2D eigenvalue weighted by atomic mass is 35.5. The van der Waals surface area contributed by atoms with Gasteiger partial charge in [-0.2, -0.15) is 0 Å². The van der Waals surface area contributed by atoms with Crippen molar-refractivity contribution in [3.8, 4) is 11.5 Å². The number of unbranched alkanes of at least 4 members (excludes halogenated alkanes) is 2. The molecule has 1 atom stereocenters. The molecule has 1 saturated heterocycles. The Labute approximate surface area is 145 Å². The molecule has 0 unspecified atom stereocenters. The monoisotopic (exact) mass is 350 g/mol. The van der Waals surface area contributed by atoms with Gasteiger partial charge in [0.25, 0.3) is 0 Å². The second kappa shape index (κ2) is 10.9. The number of benzene rings is 1. The summed E-state index contributed by atoms with van der Waals surface area (Å²) in [7, 11) is 0. The van der Waals surface area contributed by atoms with Gasteiger partial charge in [-0.25, -0.2) is 0 Å². The topological polar surface area (TPSA) is 55.7 Å². The Hall–Kier alpha value is -0.680. The van der Waals surface area contributed by atoms with Gasteiger partial charge < -0.3 is 15.5 Å². The van der Waals surface area contributed by atoms with Crippen LogP contribution >= 0.6 is 24.8 Å². The van der Waals surface area contributed by atoms with Crippen LogP contribution in [-0.2, 0) is 0 Å². The van der Waals surface area contributed by atoms with E-state index in [0.29, 0.717) is 6.04 Å². The summed E-state index contributed by atoms with van der Waals surface area (Å²) in [5, 5.41) is 22.6. The Morgan fingerprint density at radius 2 is 1.77 bits per heavy atom. The maximum absolute atomic E-state index is 9.74. The summed E-state index contributed by atoms with van der Waals surface area (Å²) in [5.41, 5.74) is 1.11. The van der Waals surface area contributed by atoms with Crippen LogP contribution in [0, 0.1) is 0 Å².